The van der Waals surface area contributed by atoms with E-state index in [9.17, 15) is 27.2 Å². The van der Waals surface area contributed by atoms with Gasteiger partial charge in [0.25, 0.3) is 0 Å². The van der Waals surface area contributed by atoms with Crippen LogP contribution >= 0.6 is 0 Å². The van der Waals surface area contributed by atoms with Gasteiger partial charge >= 0.3 is 12.3 Å². The third-order valence-corrected chi connectivity index (χ3v) is 7.67. The van der Waals surface area contributed by atoms with Gasteiger partial charge < -0.3 is 24.3 Å². The molecule has 2 fully saturated rings. The molecule has 2 saturated heterocycles. The molecule has 2 aromatic rings. The molecule has 7 nitrogen and oxygen atoms in total. The maximum absolute atomic E-state index is 14.6. The number of rotatable bonds is 3. The van der Waals surface area contributed by atoms with E-state index >= 15 is 0 Å². The number of hydrogen-bond acceptors (Lipinski definition) is 5. The molecule has 3 aliphatic rings. The first-order chi connectivity index (χ1) is 18.2. The largest absolute Gasteiger partial charge is 0.450 e. The van der Waals surface area contributed by atoms with Crippen LogP contribution in [-0.2, 0) is 22.1 Å². The van der Waals surface area contributed by atoms with Crippen molar-refractivity contribution >= 4 is 23.4 Å². The number of alkyl halides is 3. The van der Waals surface area contributed by atoms with Crippen LogP contribution in [0.2, 0.25) is 0 Å². The Bertz CT molecular complexity index is 1200. The molecule has 0 bridgehead atoms. The normalized spacial score (nSPS) is 21.6. The highest BCUT2D eigenvalue weighted by Gasteiger charge is 2.44. The minimum absolute atomic E-state index is 0.155. The van der Waals surface area contributed by atoms with Crippen molar-refractivity contribution in [3.05, 3.63) is 59.4 Å². The van der Waals surface area contributed by atoms with E-state index < -0.39 is 23.8 Å². The number of nitrogens with zero attached hydrogens (tertiary/aromatic N) is 4. The number of amides is 2. The monoisotopic (exact) mass is 534 g/mol. The second-order valence-corrected chi connectivity index (χ2v) is 9.82. The van der Waals surface area contributed by atoms with E-state index in [1.54, 1.807) is 34.9 Å². The van der Waals surface area contributed by atoms with Gasteiger partial charge in [0.1, 0.15) is 5.82 Å². The highest BCUT2D eigenvalue weighted by atomic mass is 19.4. The van der Waals surface area contributed by atoms with Gasteiger partial charge in [0.15, 0.2) is 0 Å². The average Bonchev–Trinajstić information content (AvgIpc) is 2.91. The van der Waals surface area contributed by atoms with Crippen molar-refractivity contribution < 1.29 is 31.9 Å². The van der Waals surface area contributed by atoms with Crippen LogP contribution in [0.25, 0.3) is 0 Å². The quantitative estimate of drug-likeness (QED) is 0.557. The lowest BCUT2D eigenvalue weighted by atomic mass is 9.82. The SMILES string of the molecule is CCOC(=O)N1CCN(C(=O)C2Cc3cc(C(F)(F)F)ccc3N3CCN(c4ccccc4F)CC23)CC1. The van der Waals surface area contributed by atoms with Crippen LogP contribution in [0.5, 0.6) is 0 Å². The zero-order chi connectivity index (χ0) is 27.0. The number of anilines is 2. The fourth-order valence-corrected chi connectivity index (χ4v) is 5.77. The Labute approximate surface area is 218 Å². The fourth-order valence-electron chi connectivity index (χ4n) is 5.77. The third kappa shape index (κ3) is 4.98. The Morgan fingerprint density at radius 3 is 2.34 bits per heavy atom. The number of benzene rings is 2. The van der Waals surface area contributed by atoms with E-state index in [-0.39, 0.29) is 30.8 Å². The van der Waals surface area contributed by atoms with Crippen molar-refractivity contribution in [3.63, 3.8) is 0 Å². The van der Waals surface area contributed by atoms with E-state index in [1.807, 2.05) is 9.80 Å². The Morgan fingerprint density at radius 2 is 1.66 bits per heavy atom. The summed E-state index contributed by atoms with van der Waals surface area (Å²) in [5.41, 5.74) is 0.875. The number of piperazine rings is 2. The molecule has 3 heterocycles. The number of fused-ring (bicyclic) bond motifs is 3. The molecule has 0 N–H and O–H groups in total. The van der Waals surface area contributed by atoms with Gasteiger partial charge in [-0.2, -0.15) is 13.2 Å². The van der Waals surface area contributed by atoms with Gasteiger partial charge in [0, 0.05) is 51.5 Å². The minimum Gasteiger partial charge on any atom is -0.450 e. The molecule has 0 aromatic heterocycles. The summed E-state index contributed by atoms with van der Waals surface area (Å²) in [6.45, 7) is 4.53. The van der Waals surface area contributed by atoms with Crippen molar-refractivity contribution in [1.82, 2.24) is 9.80 Å². The summed E-state index contributed by atoms with van der Waals surface area (Å²) in [5.74, 6) is -1.14. The predicted molar refractivity (Wildman–Crippen MR) is 134 cm³/mol. The molecule has 3 aliphatic heterocycles. The number of para-hydroxylation sites is 1. The first kappa shape index (κ1) is 26.1. The zero-order valence-electron chi connectivity index (χ0n) is 21.1. The first-order valence-corrected chi connectivity index (χ1v) is 12.8. The Morgan fingerprint density at radius 1 is 0.947 bits per heavy atom. The van der Waals surface area contributed by atoms with E-state index in [0.717, 1.165) is 12.1 Å². The molecule has 2 aromatic carbocycles. The topological polar surface area (TPSA) is 56.3 Å². The maximum atomic E-state index is 14.6. The highest BCUT2D eigenvalue weighted by molar-refractivity contribution is 5.83. The van der Waals surface area contributed by atoms with Gasteiger partial charge in [-0.15, -0.1) is 0 Å². The summed E-state index contributed by atoms with van der Waals surface area (Å²) in [4.78, 5) is 33.1. The molecule has 11 heteroatoms. The summed E-state index contributed by atoms with van der Waals surface area (Å²) < 4.78 is 60.2. The van der Waals surface area contributed by atoms with Crippen molar-refractivity contribution in [2.24, 2.45) is 5.92 Å². The van der Waals surface area contributed by atoms with Crippen LogP contribution in [0, 0.1) is 11.7 Å². The molecule has 0 aliphatic carbocycles. The summed E-state index contributed by atoms with van der Waals surface area (Å²) in [5, 5.41) is 0. The van der Waals surface area contributed by atoms with Gasteiger partial charge in [-0.25, -0.2) is 9.18 Å². The lowest BCUT2D eigenvalue weighted by Gasteiger charge is -2.50. The molecule has 2 unspecified atom stereocenters. The zero-order valence-corrected chi connectivity index (χ0v) is 21.1. The number of halogens is 4. The molecule has 5 rings (SSSR count). The predicted octanol–water partition coefficient (Wildman–Crippen LogP) is 4.01. The Hall–Kier alpha value is -3.50. The number of ether oxygens (including phenoxy) is 1. The van der Waals surface area contributed by atoms with Gasteiger partial charge in [0.2, 0.25) is 5.91 Å². The second kappa shape index (κ2) is 10.3. The lowest BCUT2D eigenvalue weighted by molar-refractivity contribution is -0.138. The Kier molecular flexibility index (Phi) is 7.11. The third-order valence-electron chi connectivity index (χ3n) is 7.67. The van der Waals surface area contributed by atoms with Crippen molar-refractivity contribution in [1.29, 1.82) is 0 Å². The van der Waals surface area contributed by atoms with Gasteiger partial charge in [0.05, 0.1) is 29.8 Å². The van der Waals surface area contributed by atoms with Crippen LogP contribution in [0.4, 0.5) is 33.7 Å². The molecule has 38 heavy (non-hydrogen) atoms. The fraction of sp³-hybridized carbons (Fsp3) is 0.481. The van der Waals surface area contributed by atoms with E-state index in [4.69, 9.17) is 4.74 Å². The first-order valence-electron chi connectivity index (χ1n) is 12.8. The van der Waals surface area contributed by atoms with Crippen LogP contribution in [0.1, 0.15) is 18.1 Å². The molecule has 0 radical (unpaired) electrons. The van der Waals surface area contributed by atoms with Crippen molar-refractivity contribution in [2.45, 2.75) is 25.6 Å². The van der Waals surface area contributed by atoms with Crippen LogP contribution in [-0.4, -0.2) is 80.3 Å². The maximum Gasteiger partial charge on any atom is 0.416 e. The summed E-state index contributed by atoms with van der Waals surface area (Å²) in [6, 6.07) is 9.83. The number of carbonyl (C=O) groups is 2. The molecule has 0 saturated carbocycles. The standard InChI is InChI=1S/C27H30F4N4O3/c1-2-38-26(37)33-11-9-32(10-12-33)25(36)20-16-18-15-19(27(29,30)31)7-8-22(18)35-14-13-34(17-24(20)35)23-6-4-3-5-21(23)28/h3-8,15,20,24H,2,9-14,16-17H2,1H3. The molecule has 2 atom stereocenters. The van der Waals surface area contributed by atoms with Crippen molar-refractivity contribution in [2.75, 3.05) is 62.2 Å². The van der Waals surface area contributed by atoms with Gasteiger partial charge in [-0.05, 0) is 49.2 Å². The smallest absolute Gasteiger partial charge is 0.416 e. The summed E-state index contributed by atoms with van der Waals surface area (Å²) >= 11 is 0. The second-order valence-electron chi connectivity index (χ2n) is 9.82. The summed E-state index contributed by atoms with van der Waals surface area (Å²) in [7, 11) is 0. The molecule has 0 spiro atoms. The lowest BCUT2D eigenvalue weighted by Crippen LogP contribution is -2.62. The minimum atomic E-state index is -4.49. The average molecular weight is 535 g/mol. The molecule has 2 amide bonds. The molecular weight excluding hydrogens is 504 g/mol. The summed E-state index contributed by atoms with van der Waals surface area (Å²) in [6.07, 6.45) is -4.76. The van der Waals surface area contributed by atoms with Crippen LogP contribution in [0.3, 0.4) is 0 Å². The van der Waals surface area contributed by atoms with Gasteiger partial charge in [-0.1, -0.05) is 12.1 Å². The van der Waals surface area contributed by atoms with Crippen molar-refractivity contribution in [3.8, 4) is 0 Å². The van der Waals surface area contributed by atoms with Gasteiger partial charge in [-0.3, -0.25) is 4.79 Å². The molecular formula is C27H30F4N4O3. The number of carbonyl (C=O) groups excluding carboxylic acids is 2. The van der Waals surface area contributed by atoms with E-state index in [0.29, 0.717) is 62.8 Å². The highest BCUT2D eigenvalue weighted by Crippen LogP contribution is 2.41. The van der Waals surface area contributed by atoms with Crippen LogP contribution < -0.4 is 9.80 Å². The Balaban J connectivity index is 1.42. The molecule has 204 valence electrons. The number of hydrogen-bond donors (Lipinski definition) is 0. The van der Waals surface area contributed by atoms with Crippen LogP contribution in [0.15, 0.2) is 42.5 Å². The van der Waals surface area contributed by atoms with E-state index in [2.05, 4.69) is 0 Å². The van der Waals surface area contributed by atoms with E-state index in [1.165, 1.54) is 12.1 Å².